The summed E-state index contributed by atoms with van der Waals surface area (Å²) in [7, 11) is 1.73. The summed E-state index contributed by atoms with van der Waals surface area (Å²) in [5.41, 5.74) is 1.34. The van der Waals surface area contributed by atoms with Crippen LogP contribution in [-0.4, -0.2) is 19.5 Å². The lowest BCUT2D eigenvalue weighted by molar-refractivity contribution is -0.115. The quantitative estimate of drug-likeness (QED) is 0.610. The highest BCUT2D eigenvalue weighted by atomic mass is 16.5. The molecule has 1 rings (SSSR count). The SMILES string of the molecule is COCCCCC1=CC(=O)CCC1. The van der Waals surface area contributed by atoms with Gasteiger partial charge in [0.05, 0.1) is 0 Å². The molecule has 0 aromatic rings. The second-order valence-corrected chi connectivity index (χ2v) is 3.57. The molecule has 2 heteroatoms. The molecule has 0 N–H and O–H groups in total. The van der Waals surface area contributed by atoms with Gasteiger partial charge in [-0.1, -0.05) is 5.57 Å². The molecule has 13 heavy (non-hydrogen) atoms. The number of unbranched alkanes of at least 4 members (excludes halogenated alkanes) is 1. The topological polar surface area (TPSA) is 26.3 Å². The monoisotopic (exact) mass is 182 g/mol. The fraction of sp³-hybridized carbons (Fsp3) is 0.727. The standard InChI is InChI=1S/C11H18O2/c1-13-8-3-2-5-10-6-4-7-11(12)9-10/h9H,2-8H2,1H3. The summed E-state index contributed by atoms with van der Waals surface area (Å²) in [6.07, 6.45) is 8.09. The Morgan fingerprint density at radius 1 is 1.38 bits per heavy atom. The summed E-state index contributed by atoms with van der Waals surface area (Å²) in [6, 6.07) is 0. The van der Waals surface area contributed by atoms with E-state index in [1.807, 2.05) is 6.08 Å². The van der Waals surface area contributed by atoms with E-state index in [0.717, 1.165) is 45.1 Å². The van der Waals surface area contributed by atoms with E-state index in [0.29, 0.717) is 5.78 Å². The van der Waals surface area contributed by atoms with Gasteiger partial charge in [-0.3, -0.25) is 4.79 Å². The molecule has 2 nitrogen and oxygen atoms in total. The van der Waals surface area contributed by atoms with Crippen LogP contribution >= 0.6 is 0 Å². The molecule has 0 bridgehead atoms. The van der Waals surface area contributed by atoms with Crippen LogP contribution in [0.1, 0.15) is 38.5 Å². The first-order valence-corrected chi connectivity index (χ1v) is 5.04. The fourth-order valence-electron chi connectivity index (χ4n) is 1.66. The summed E-state index contributed by atoms with van der Waals surface area (Å²) < 4.78 is 4.97. The Kier molecular flexibility index (Phi) is 4.76. The van der Waals surface area contributed by atoms with Crippen molar-refractivity contribution in [3.05, 3.63) is 11.6 Å². The van der Waals surface area contributed by atoms with Crippen molar-refractivity contribution in [1.29, 1.82) is 0 Å². The lowest BCUT2D eigenvalue weighted by Crippen LogP contribution is -2.02. The molecule has 0 spiro atoms. The molecular formula is C11H18O2. The zero-order valence-electron chi connectivity index (χ0n) is 8.34. The van der Waals surface area contributed by atoms with Gasteiger partial charge < -0.3 is 4.74 Å². The van der Waals surface area contributed by atoms with Gasteiger partial charge in [0, 0.05) is 20.1 Å². The Morgan fingerprint density at radius 3 is 2.92 bits per heavy atom. The number of rotatable bonds is 5. The van der Waals surface area contributed by atoms with E-state index in [1.165, 1.54) is 5.57 Å². The smallest absolute Gasteiger partial charge is 0.155 e. The zero-order chi connectivity index (χ0) is 9.52. The van der Waals surface area contributed by atoms with E-state index in [-0.39, 0.29) is 0 Å². The number of carbonyl (C=O) groups excluding carboxylic acids is 1. The van der Waals surface area contributed by atoms with Gasteiger partial charge in [-0.05, 0) is 38.2 Å². The summed E-state index contributed by atoms with van der Waals surface area (Å²) in [5.74, 6) is 0.313. The lowest BCUT2D eigenvalue weighted by Gasteiger charge is -2.11. The Bertz CT molecular complexity index is 194. The van der Waals surface area contributed by atoms with Gasteiger partial charge in [0.25, 0.3) is 0 Å². The number of hydrogen-bond donors (Lipinski definition) is 0. The molecule has 0 amide bonds. The molecule has 1 aliphatic rings. The number of ether oxygens (including phenoxy) is 1. The predicted octanol–water partition coefficient (Wildman–Crippen LogP) is 2.48. The van der Waals surface area contributed by atoms with E-state index in [4.69, 9.17) is 4.74 Å². The van der Waals surface area contributed by atoms with Crippen LogP contribution in [-0.2, 0) is 9.53 Å². The van der Waals surface area contributed by atoms with Crippen LogP contribution in [0.15, 0.2) is 11.6 Å². The molecule has 0 saturated carbocycles. The van der Waals surface area contributed by atoms with Crippen molar-refractivity contribution in [3.63, 3.8) is 0 Å². The van der Waals surface area contributed by atoms with E-state index in [1.54, 1.807) is 7.11 Å². The molecule has 0 fully saturated rings. The van der Waals surface area contributed by atoms with Crippen LogP contribution in [0.3, 0.4) is 0 Å². The van der Waals surface area contributed by atoms with Crippen molar-refractivity contribution < 1.29 is 9.53 Å². The normalized spacial score (nSPS) is 17.3. The Balaban J connectivity index is 2.16. The maximum Gasteiger partial charge on any atom is 0.155 e. The largest absolute Gasteiger partial charge is 0.385 e. The summed E-state index contributed by atoms with van der Waals surface area (Å²) in [6.45, 7) is 0.835. The molecule has 0 unspecified atom stereocenters. The molecule has 0 aromatic carbocycles. The van der Waals surface area contributed by atoms with Crippen molar-refractivity contribution in [2.24, 2.45) is 0 Å². The minimum atomic E-state index is 0.313. The maximum atomic E-state index is 11.1. The Hall–Kier alpha value is -0.630. The average molecular weight is 182 g/mol. The molecule has 1 aliphatic carbocycles. The first kappa shape index (κ1) is 10.5. The molecule has 0 aliphatic heterocycles. The lowest BCUT2D eigenvalue weighted by atomic mass is 9.95. The first-order valence-electron chi connectivity index (χ1n) is 5.04. The molecular weight excluding hydrogens is 164 g/mol. The molecule has 0 radical (unpaired) electrons. The number of allylic oxidation sites excluding steroid dienone is 2. The van der Waals surface area contributed by atoms with Gasteiger partial charge >= 0.3 is 0 Å². The van der Waals surface area contributed by atoms with Gasteiger partial charge in [0.2, 0.25) is 0 Å². The van der Waals surface area contributed by atoms with Crippen LogP contribution in [0.25, 0.3) is 0 Å². The second kappa shape index (κ2) is 5.92. The van der Waals surface area contributed by atoms with Crippen molar-refractivity contribution in [1.82, 2.24) is 0 Å². The van der Waals surface area contributed by atoms with Crippen LogP contribution in [0.5, 0.6) is 0 Å². The Labute approximate surface area is 80.0 Å². The number of carbonyl (C=O) groups is 1. The fourth-order valence-corrected chi connectivity index (χ4v) is 1.66. The minimum absolute atomic E-state index is 0.313. The minimum Gasteiger partial charge on any atom is -0.385 e. The van der Waals surface area contributed by atoms with Crippen molar-refractivity contribution in [2.75, 3.05) is 13.7 Å². The van der Waals surface area contributed by atoms with E-state index in [9.17, 15) is 4.79 Å². The number of methoxy groups -OCH3 is 1. The Morgan fingerprint density at radius 2 is 2.23 bits per heavy atom. The molecule has 0 saturated heterocycles. The predicted molar refractivity (Wildman–Crippen MR) is 52.7 cm³/mol. The number of ketones is 1. The van der Waals surface area contributed by atoms with Crippen molar-refractivity contribution in [3.8, 4) is 0 Å². The summed E-state index contributed by atoms with van der Waals surface area (Å²) in [4.78, 5) is 11.1. The highest BCUT2D eigenvalue weighted by molar-refractivity contribution is 5.91. The maximum absolute atomic E-state index is 11.1. The third kappa shape index (κ3) is 4.23. The summed E-state index contributed by atoms with van der Waals surface area (Å²) >= 11 is 0. The first-order chi connectivity index (χ1) is 6.33. The van der Waals surface area contributed by atoms with Gasteiger partial charge in [0.15, 0.2) is 5.78 Å². The highest BCUT2D eigenvalue weighted by Crippen LogP contribution is 2.19. The second-order valence-electron chi connectivity index (χ2n) is 3.57. The van der Waals surface area contributed by atoms with Gasteiger partial charge in [-0.25, -0.2) is 0 Å². The highest BCUT2D eigenvalue weighted by Gasteiger charge is 2.08. The average Bonchev–Trinajstić information content (AvgIpc) is 2.13. The van der Waals surface area contributed by atoms with E-state index < -0.39 is 0 Å². The van der Waals surface area contributed by atoms with Crippen molar-refractivity contribution >= 4 is 5.78 Å². The summed E-state index contributed by atoms with van der Waals surface area (Å²) in [5, 5.41) is 0. The number of hydrogen-bond acceptors (Lipinski definition) is 2. The molecule has 0 aromatic heterocycles. The van der Waals surface area contributed by atoms with Gasteiger partial charge in [-0.2, -0.15) is 0 Å². The van der Waals surface area contributed by atoms with Gasteiger partial charge in [0.1, 0.15) is 0 Å². The third-order valence-electron chi connectivity index (χ3n) is 2.38. The van der Waals surface area contributed by atoms with Crippen LogP contribution < -0.4 is 0 Å². The van der Waals surface area contributed by atoms with Crippen LogP contribution in [0.2, 0.25) is 0 Å². The van der Waals surface area contributed by atoms with Crippen LogP contribution in [0.4, 0.5) is 0 Å². The van der Waals surface area contributed by atoms with E-state index in [2.05, 4.69) is 0 Å². The third-order valence-corrected chi connectivity index (χ3v) is 2.38. The molecule has 0 heterocycles. The van der Waals surface area contributed by atoms with Crippen LogP contribution in [0, 0.1) is 0 Å². The van der Waals surface area contributed by atoms with Gasteiger partial charge in [-0.15, -0.1) is 0 Å². The van der Waals surface area contributed by atoms with Crippen molar-refractivity contribution in [2.45, 2.75) is 38.5 Å². The molecule has 0 atom stereocenters. The molecule has 74 valence electrons. The zero-order valence-corrected chi connectivity index (χ0v) is 8.34. The van der Waals surface area contributed by atoms with E-state index >= 15 is 0 Å².